The van der Waals surface area contributed by atoms with Crippen LogP contribution in [0.1, 0.15) is 42.9 Å². The number of hydrogen-bond donors (Lipinski definition) is 1. The van der Waals surface area contributed by atoms with Crippen LogP contribution in [0.25, 0.3) is 0 Å². The molecule has 1 aliphatic carbocycles. The standard InChI is InChI=1S/C21H24IN/c22-20-15-9-3-8-14-19(20)21(18-12-6-2-7-13-18)23-16-17-10-4-1-5-11-17/h1-2,4-7,10-13,15,19,21,23H,3,8-9,14,16H2/t19-,21+/m0/s1. The van der Waals surface area contributed by atoms with Crippen LogP contribution in [0.5, 0.6) is 0 Å². The second kappa shape index (κ2) is 8.65. The van der Waals surface area contributed by atoms with Crippen molar-refractivity contribution in [1.29, 1.82) is 0 Å². The quantitative estimate of drug-likeness (QED) is 0.586. The molecule has 0 saturated heterocycles. The first-order valence-electron chi connectivity index (χ1n) is 8.52. The van der Waals surface area contributed by atoms with Crippen molar-refractivity contribution in [3.05, 3.63) is 81.4 Å². The second-order valence-electron chi connectivity index (χ2n) is 6.23. The molecule has 2 heteroatoms. The first-order chi connectivity index (χ1) is 11.3. The highest BCUT2D eigenvalue weighted by Crippen LogP contribution is 2.38. The Hall–Kier alpha value is -1.13. The highest BCUT2D eigenvalue weighted by Gasteiger charge is 2.25. The fourth-order valence-corrected chi connectivity index (χ4v) is 4.32. The smallest absolute Gasteiger partial charge is 0.0396 e. The molecule has 0 saturated carbocycles. The van der Waals surface area contributed by atoms with Gasteiger partial charge in [-0.25, -0.2) is 0 Å². The highest BCUT2D eigenvalue weighted by molar-refractivity contribution is 14.1. The van der Waals surface area contributed by atoms with Crippen LogP contribution in [0.15, 0.2) is 70.3 Å². The molecule has 0 amide bonds. The van der Waals surface area contributed by atoms with E-state index in [1.807, 2.05) is 0 Å². The van der Waals surface area contributed by atoms with Gasteiger partial charge in [-0.15, -0.1) is 0 Å². The van der Waals surface area contributed by atoms with Gasteiger partial charge in [-0.3, -0.25) is 0 Å². The van der Waals surface area contributed by atoms with Gasteiger partial charge in [0.15, 0.2) is 0 Å². The van der Waals surface area contributed by atoms with Gasteiger partial charge in [-0.1, -0.05) is 73.2 Å². The van der Waals surface area contributed by atoms with Gasteiger partial charge in [0.2, 0.25) is 0 Å². The van der Waals surface area contributed by atoms with Crippen molar-refractivity contribution >= 4 is 22.6 Å². The molecule has 2 aromatic carbocycles. The second-order valence-corrected chi connectivity index (χ2v) is 7.48. The number of allylic oxidation sites excluding steroid dienone is 1. The molecular weight excluding hydrogens is 393 g/mol. The van der Waals surface area contributed by atoms with Crippen molar-refractivity contribution in [1.82, 2.24) is 5.32 Å². The number of halogens is 1. The van der Waals surface area contributed by atoms with Crippen molar-refractivity contribution < 1.29 is 0 Å². The molecule has 0 aliphatic heterocycles. The van der Waals surface area contributed by atoms with Crippen molar-refractivity contribution in [2.75, 3.05) is 0 Å². The molecule has 0 spiro atoms. The van der Waals surface area contributed by atoms with E-state index in [1.165, 1.54) is 40.4 Å². The lowest BCUT2D eigenvalue weighted by molar-refractivity contribution is 0.391. The lowest BCUT2D eigenvalue weighted by Gasteiger charge is -2.28. The van der Waals surface area contributed by atoms with Gasteiger partial charge >= 0.3 is 0 Å². The monoisotopic (exact) mass is 417 g/mol. The van der Waals surface area contributed by atoms with E-state index in [9.17, 15) is 0 Å². The molecular formula is C21H24IN. The fraction of sp³-hybridized carbons (Fsp3) is 0.333. The third-order valence-corrected chi connectivity index (χ3v) is 5.83. The number of nitrogens with one attached hydrogen (secondary N) is 1. The molecule has 1 aliphatic rings. The molecule has 0 bridgehead atoms. The number of benzene rings is 2. The molecule has 23 heavy (non-hydrogen) atoms. The van der Waals surface area contributed by atoms with Crippen molar-refractivity contribution in [3.63, 3.8) is 0 Å². The number of rotatable bonds is 5. The molecule has 1 N–H and O–H groups in total. The third-order valence-electron chi connectivity index (χ3n) is 4.59. The molecule has 0 radical (unpaired) electrons. The SMILES string of the molecule is IC1=CCCCC[C@@H]1[C@H](NCc1ccccc1)c1ccccc1. The molecule has 3 rings (SSSR count). The summed E-state index contributed by atoms with van der Waals surface area (Å²) in [6.45, 7) is 0.917. The van der Waals surface area contributed by atoms with Gasteiger partial charge < -0.3 is 5.32 Å². The lowest BCUT2D eigenvalue weighted by Crippen LogP contribution is -2.28. The van der Waals surface area contributed by atoms with E-state index >= 15 is 0 Å². The Bertz CT molecular complexity index is 621. The molecule has 2 atom stereocenters. The summed E-state index contributed by atoms with van der Waals surface area (Å²) in [5.74, 6) is 0.587. The summed E-state index contributed by atoms with van der Waals surface area (Å²) < 4.78 is 1.52. The van der Waals surface area contributed by atoms with E-state index in [1.54, 1.807) is 0 Å². The van der Waals surface area contributed by atoms with Gasteiger partial charge in [0, 0.05) is 18.5 Å². The van der Waals surface area contributed by atoms with Gasteiger partial charge in [-0.05, 0) is 56.6 Å². The minimum Gasteiger partial charge on any atom is -0.305 e. The first-order valence-corrected chi connectivity index (χ1v) is 9.60. The molecule has 0 fully saturated rings. The van der Waals surface area contributed by atoms with E-state index in [0.29, 0.717) is 12.0 Å². The number of hydrogen-bond acceptors (Lipinski definition) is 1. The Kier molecular flexibility index (Phi) is 6.29. The summed E-state index contributed by atoms with van der Waals surface area (Å²) >= 11 is 2.56. The van der Waals surface area contributed by atoms with Crippen molar-refractivity contribution in [2.45, 2.75) is 38.3 Å². The Morgan fingerprint density at radius 3 is 2.39 bits per heavy atom. The average Bonchev–Trinajstić information content (AvgIpc) is 2.82. The average molecular weight is 417 g/mol. The van der Waals surface area contributed by atoms with Crippen LogP contribution in [0.4, 0.5) is 0 Å². The third kappa shape index (κ3) is 4.67. The largest absolute Gasteiger partial charge is 0.305 e. The van der Waals surface area contributed by atoms with Crippen molar-refractivity contribution in [3.8, 4) is 0 Å². The summed E-state index contributed by atoms with van der Waals surface area (Å²) in [4.78, 5) is 0. The Labute approximate surface area is 153 Å². The molecule has 2 aromatic rings. The summed E-state index contributed by atoms with van der Waals surface area (Å²) in [7, 11) is 0. The minimum absolute atomic E-state index is 0.387. The van der Waals surface area contributed by atoms with Crippen LogP contribution >= 0.6 is 22.6 Å². The van der Waals surface area contributed by atoms with E-state index < -0.39 is 0 Å². The summed E-state index contributed by atoms with van der Waals surface area (Å²) in [6.07, 6.45) is 7.59. The fourth-order valence-electron chi connectivity index (χ4n) is 3.34. The van der Waals surface area contributed by atoms with E-state index in [0.717, 1.165) is 6.54 Å². The Morgan fingerprint density at radius 2 is 1.65 bits per heavy atom. The zero-order chi connectivity index (χ0) is 15.9. The highest BCUT2D eigenvalue weighted by atomic mass is 127. The molecule has 0 heterocycles. The van der Waals surface area contributed by atoms with Crippen LogP contribution in [0, 0.1) is 5.92 Å². The molecule has 0 unspecified atom stereocenters. The van der Waals surface area contributed by atoms with E-state index in [2.05, 4.69) is 94.6 Å². The zero-order valence-corrected chi connectivity index (χ0v) is 15.6. The van der Waals surface area contributed by atoms with Crippen LogP contribution in [-0.4, -0.2) is 0 Å². The predicted octanol–water partition coefficient (Wildman–Crippen LogP) is 6.03. The lowest BCUT2D eigenvalue weighted by atomic mass is 9.89. The van der Waals surface area contributed by atoms with Crippen LogP contribution in [0.3, 0.4) is 0 Å². The predicted molar refractivity (Wildman–Crippen MR) is 107 cm³/mol. The van der Waals surface area contributed by atoms with E-state index in [4.69, 9.17) is 0 Å². The minimum atomic E-state index is 0.387. The molecule has 0 aromatic heterocycles. The van der Waals surface area contributed by atoms with E-state index in [-0.39, 0.29) is 0 Å². The Morgan fingerprint density at radius 1 is 0.957 bits per heavy atom. The van der Waals surface area contributed by atoms with Crippen LogP contribution in [0.2, 0.25) is 0 Å². The maximum atomic E-state index is 3.83. The topological polar surface area (TPSA) is 12.0 Å². The maximum Gasteiger partial charge on any atom is 0.0396 e. The summed E-state index contributed by atoms with van der Waals surface area (Å²) in [6, 6.07) is 22.0. The van der Waals surface area contributed by atoms with Crippen molar-refractivity contribution in [2.24, 2.45) is 5.92 Å². The normalized spacial score (nSPS) is 19.7. The first kappa shape index (κ1) is 16.7. The van der Waals surface area contributed by atoms with Gasteiger partial charge in [-0.2, -0.15) is 0 Å². The Balaban J connectivity index is 1.81. The zero-order valence-electron chi connectivity index (χ0n) is 13.4. The van der Waals surface area contributed by atoms with Crippen LogP contribution < -0.4 is 5.32 Å². The molecule has 1 nitrogen and oxygen atoms in total. The van der Waals surface area contributed by atoms with Gasteiger partial charge in [0.25, 0.3) is 0 Å². The maximum absolute atomic E-state index is 3.83. The van der Waals surface area contributed by atoms with Gasteiger partial charge in [0.05, 0.1) is 0 Å². The summed E-state index contributed by atoms with van der Waals surface area (Å²) in [5, 5.41) is 3.83. The summed E-state index contributed by atoms with van der Waals surface area (Å²) in [5.41, 5.74) is 2.75. The van der Waals surface area contributed by atoms with Gasteiger partial charge in [0.1, 0.15) is 0 Å². The molecule has 120 valence electrons. The van der Waals surface area contributed by atoms with Crippen LogP contribution in [-0.2, 0) is 6.54 Å².